The zero-order chi connectivity index (χ0) is 26.0. The molecule has 2 saturated heterocycles. The van der Waals surface area contributed by atoms with E-state index in [-0.39, 0.29) is 12.5 Å². The lowest BCUT2D eigenvalue weighted by atomic mass is 9.89. The van der Waals surface area contributed by atoms with Gasteiger partial charge in [0, 0.05) is 31.3 Å². The number of likely N-dealkylation sites (tertiary alicyclic amines) is 1. The summed E-state index contributed by atoms with van der Waals surface area (Å²) in [6, 6.07) is 13.7. The Morgan fingerprint density at radius 2 is 1.76 bits per heavy atom. The molecule has 2 aromatic carbocycles. The summed E-state index contributed by atoms with van der Waals surface area (Å²) in [7, 11) is 3.31. The minimum Gasteiger partial charge on any atom is -0.493 e. The number of β-amino-alcohol motifs (C(OH)–C–C–N with tert-alkyl or cyclic N) is 1. The molecule has 0 radical (unpaired) electrons. The van der Waals surface area contributed by atoms with Crippen LogP contribution in [0.25, 0.3) is 6.08 Å². The number of aliphatic hydroxyl groups excluding tert-OH is 1. The van der Waals surface area contributed by atoms with Gasteiger partial charge in [-0.1, -0.05) is 24.3 Å². The maximum absolute atomic E-state index is 12.4. The molecule has 2 fully saturated rings. The summed E-state index contributed by atoms with van der Waals surface area (Å²) >= 11 is 0. The Bertz CT molecular complexity index is 1040. The average Bonchev–Trinajstić information content (AvgIpc) is 2.95. The van der Waals surface area contributed by atoms with E-state index >= 15 is 0 Å². The number of carbonyl (C=O) groups is 1. The van der Waals surface area contributed by atoms with E-state index in [0.717, 1.165) is 43.0 Å². The third kappa shape index (κ3) is 7.47. The van der Waals surface area contributed by atoms with Gasteiger partial charge in [0.15, 0.2) is 11.5 Å². The largest absolute Gasteiger partial charge is 0.493 e. The van der Waals surface area contributed by atoms with Gasteiger partial charge in [-0.2, -0.15) is 0 Å². The van der Waals surface area contributed by atoms with Gasteiger partial charge in [0.25, 0.3) is 0 Å². The molecule has 1 atom stereocenters. The molecule has 200 valence electrons. The number of aliphatic hydroxyl groups is 1. The van der Waals surface area contributed by atoms with Crippen LogP contribution in [0.2, 0.25) is 0 Å². The number of para-hydroxylation sites is 1. The van der Waals surface area contributed by atoms with Crippen LogP contribution in [0, 0.1) is 0 Å². The molecular weight excluding hydrogens is 472 g/mol. The summed E-state index contributed by atoms with van der Waals surface area (Å²) in [5.74, 6) is 2.58. The Labute approximate surface area is 219 Å². The molecule has 1 unspecified atom stereocenters. The van der Waals surface area contributed by atoms with Crippen molar-refractivity contribution in [3.8, 4) is 17.2 Å². The highest BCUT2D eigenvalue weighted by atomic mass is 16.5. The normalized spacial score (nSPS) is 18.1. The summed E-state index contributed by atoms with van der Waals surface area (Å²) in [6.45, 7) is 4.95. The topological polar surface area (TPSA) is 80.7 Å². The Balaban J connectivity index is 1.24. The Kier molecular flexibility index (Phi) is 9.82. The Morgan fingerprint density at radius 1 is 1.03 bits per heavy atom. The maximum atomic E-state index is 12.4. The first kappa shape index (κ1) is 27.0. The molecule has 0 aliphatic carbocycles. The number of amides is 1. The summed E-state index contributed by atoms with van der Waals surface area (Å²) in [5, 5.41) is 10.7. The van der Waals surface area contributed by atoms with Crippen LogP contribution in [0.3, 0.4) is 0 Å². The van der Waals surface area contributed by atoms with Crippen LogP contribution in [-0.2, 0) is 9.53 Å². The first-order valence-electron chi connectivity index (χ1n) is 13.0. The lowest BCUT2D eigenvalue weighted by molar-refractivity contribution is -0.129. The molecule has 4 rings (SSSR count). The molecule has 2 heterocycles. The molecule has 1 N–H and O–H groups in total. The lowest BCUT2D eigenvalue weighted by Crippen LogP contribution is -2.40. The second kappa shape index (κ2) is 13.5. The summed E-state index contributed by atoms with van der Waals surface area (Å²) in [4.78, 5) is 16.5. The first-order chi connectivity index (χ1) is 18.1. The van der Waals surface area contributed by atoms with Crippen molar-refractivity contribution >= 4 is 12.0 Å². The fourth-order valence-corrected chi connectivity index (χ4v) is 4.89. The number of methoxy groups -OCH3 is 2. The number of ether oxygens (including phenoxy) is 4. The third-order valence-corrected chi connectivity index (χ3v) is 7.01. The van der Waals surface area contributed by atoms with E-state index < -0.39 is 6.10 Å². The van der Waals surface area contributed by atoms with E-state index in [9.17, 15) is 9.90 Å². The SMILES string of the molecule is COc1ccc(C2CCN(CC(O)COc3ccccc3C=CC(=O)N3CCOCC3)CC2)cc1OC. The molecule has 8 nitrogen and oxygen atoms in total. The summed E-state index contributed by atoms with van der Waals surface area (Å²) < 4.78 is 22.1. The molecule has 2 aromatic rings. The van der Waals surface area contributed by atoms with Crippen molar-refractivity contribution < 1.29 is 28.8 Å². The smallest absolute Gasteiger partial charge is 0.246 e. The maximum Gasteiger partial charge on any atom is 0.246 e. The molecule has 37 heavy (non-hydrogen) atoms. The van der Waals surface area contributed by atoms with Crippen LogP contribution < -0.4 is 14.2 Å². The van der Waals surface area contributed by atoms with E-state index in [2.05, 4.69) is 17.0 Å². The second-order valence-corrected chi connectivity index (χ2v) is 9.46. The van der Waals surface area contributed by atoms with Crippen LogP contribution in [0.5, 0.6) is 17.2 Å². The van der Waals surface area contributed by atoms with Gasteiger partial charge in [-0.25, -0.2) is 0 Å². The number of benzene rings is 2. The van der Waals surface area contributed by atoms with Crippen molar-refractivity contribution in [2.24, 2.45) is 0 Å². The molecule has 0 saturated carbocycles. The molecule has 0 bridgehead atoms. The van der Waals surface area contributed by atoms with Crippen molar-refractivity contribution in [3.05, 3.63) is 59.7 Å². The highest BCUT2D eigenvalue weighted by Gasteiger charge is 2.23. The predicted molar refractivity (Wildman–Crippen MR) is 142 cm³/mol. The molecule has 8 heteroatoms. The lowest BCUT2D eigenvalue weighted by Gasteiger charge is -2.33. The van der Waals surface area contributed by atoms with Gasteiger partial charge in [0.05, 0.1) is 27.4 Å². The fraction of sp³-hybridized carbons (Fsp3) is 0.483. The monoisotopic (exact) mass is 510 g/mol. The molecule has 2 aliphatic heterocycles. The molecule has 0 aromatic heterocycles. The van der Waals surface area contributed by atoms with E-state index in [1.165, 1.54) is 5.56 Å². The van der Waals surface area contributed by atoms with E-state index in [1.54, 1.807) is 31.3 Å². The standard InChI is InChI=1S/C29H38N2O6/c1-34-27-9-7-24(19-28(27)35-2)22-11-13-30(14-12-22)20-25(32)21-37-26-6-4-3-5-23(26)8-10-29(33)31-15-17-36-18-16-31/h3-10,19,22,25,32H,11-18,20-21H2,1-2H3. The quantitative estimate of drug-likeness (QED) is 0.492. The fourth-order valence-electron chi connectivity index (χ4n) is 4.89. The van der Waals surface area contributed by atoms with Crippen LogP contribution in [-0.4, -0.2) is 93.7 Å². The van der Waals surface area contributed by atoms with E-state index in [4.69, 9.17) is 18.9 Å². The molecular formula is C29H38N2O6. The number of morpholine rings is 1. The van der Waals surface area contributed by atoms with Crippen molar-refractivity contribution in [1.82, 2.24) is 9.80 Å². The van der Waals surface area contributed by atoms with Gasteiger partial charge in [-0.3, -0.25) is 4.79 Å². The van der Waals surface area contributed by atoms with Crippen LogP contribution >= 0.6 is 0 Å². The van der Waals surface area contributed by atoms with Gasteiger partial charge >= 0.3 is 0 Å². The van der Waals surface area contributed by atoms with Gasteiger partial charge < -0.3 is 33.9 Å². The third-order valence-electron chi connectivity index (χ3n) is 7.01. The highest BCUT2D eigenvalue weighted by molar-refractivity contribution is 5.92. The minimum atomic E-state index is -0.607. The van der Waals surface area contributed by atoms with Crippen molar-refractivity contribution in [2.45, 2.75) is 24.9 Å². The number of hydrogen-bond acceptors (Lipinski definition) is 7. The summed E-state index contributed by atoms with van der Waals surface area (Å²) in [5.41, 5.74) is 2.07. The van der Waals surface area contributed by atoms with Gasteiger partial charge in [-0.05, 0) is 61.7 Å². The Hall–Kier alpha value is -3.07. The highest BCUT2D eigenvalue weighted by Crippen LogP contribution is 2.34. The van der Waals surface area contributed by atoms with Crippen LogP contribution in [0.15, 0.2) is 48.5 Å². The van der Waals surface area contributed by atoms with E-state index in [0.29, 0.717) is 44.5 Å². The van der Waals surface area contributed by atoms with Crippen molar-refractivity contribution in [3.63, 3.8) is 0 Å². The number of nitrogens with zero attached hydrogens (tertiary/aromatic N) is 2. The van der Waals surface area contributed by atoms with Gasteiger partial charge in [0.2, 0.25) is 5.91 Å². The van der Waals surface area contributed by atoms with E-state index in [1.807, 2.05) is 30.3 Å². The van der Waals surface area contributed by atoms with Crippen LogP contribution in [0.4, 0.5) is 0 Å². The minimum absolute atomic E-state index is 0.0328. The summed E-state index contributed by atoms with van der Waals surface area (Å²) in [6.07, 6.45) is 4.79. The second-order valence-electron chi connectivity index (χ2n) is 9.46. The van der Waals surface area contributed by atoms with Crippen molar-refractivity contribution in [2.75, 3.05) is 66.8 Å². The Morgan fingerprint density at radius 3 is 2.49 bits per heavy atom. The number of rotatable bonds is 10. The zero-order valence-electron chi connectivity index (χ0n) is 21.8. The first-order valence-corrected chi connectivity index (χ1v) is 13.0. The number of carbonyl (C=O) groups excluding carboxylic acids is 1. The number of piperidine rings is 1. The molecule has 2 aliphatic rings. The average molecular weight is 511 g/mol. The van der Waals surface area contributed by atoms with Crippen molar-refractivity contribution in [1.29, 1.82) is 0 Å². The molecule has 0 spiro atoms. The predicted octanol–water partition coefficient (Wildman–Crippen LogP) is 3.20. The van der Waals surface area contributed by atoms with Gasteiger partial charge in [0.1, 0.15) is 18.5 Å². The van der Waals surface area contributed by atoms with Crippen LogP contribution in [0.1, 0.15) is 29.9 Å². The van der Waals surface area contributed by atoms with Gasteiger partial charge in [-0.15, -0.1) is 0 Å². The zero-order valence-corrected chi connectivity index (χ0v) is 21.8. The number of hydrogen-bond donors (Lipinski definition) is 1. The molecule has 1 amide bonds.